The maximum absolute atomic E-state index is 8.82. The number of nitriles is 2. The summed E-state index contributed by atoms with van der Waals surface area (Å²) in [6.07, 6.45) is 1.66. The van der Waals surface area contributed by atoms with Crippen molar-refractivity contribution in [2.75, 3.05) is 11.4 Å². The van der Waals surface area contributed by atoms with E-state index in [4.69, 9.17) is 10.5 Å². The lowest BCUT2D eigenvalue weighted by Gasteiger charge is -2.33. The molecule has 1 saturated heterocycles. The largest absolute Gasteiger partial charge is 0.366 e. The molecular weight excluding hydrogens is 222 g/mol. The Balaban J connectivity index is 2.22. The van der Waals surface area contributed by atoms with E-state index in [1.54, 1.807) is 0 Å². The van der Waals surface area contributed by atoms with Crippen molar-refractivity contribution in [1.29, 1.82) is 10.5 Å². The number of hydrogen-bond donors (Lipinski definition) is 0. The Hall–Kier alpha value is -2.00. The summed E-state index contributed by atoms with van der Waals surface area (Å²) in [5.74, 6) is 0.445. The first-order chi connectivity index (χ1) is 8.56. The molecule has 1 heterocycles. The molecule has 0 saturated carbocycles. The number of hydrogen-bond acceptors (Lipinski definition) is 3. The predicted octanol–water partition coefficient (Wildman–Crippen LogP) is 3.08. The van der Waals surface area contributed by atoms with Gasteiger partial charge in [0.2, 0.25) is 0 Å². The van der Waals surface area contributed by atoms with Crippen LogP contribution in [-0.2, 0) is 0 Å². The molecule has 1 fully saturated rings. The zero-order chi connectivity index (χ0) is 13.2. The maximum Gasteiger partial charge on any atom is 0.0991 e. The quantitative estimate of drug-likeness (QED) is 0.797. The molecule has 1 aromatic rings. The minimum absolute atomic E-state index is 0.0790. The van der Waals surface area contributed by atoms with Crippen molar-refractivity contribution in [3.05, 3.63) is 29.8 Å². The van der Waals surface area contributed by atoms with E-state index in [0.29, 0.717) is 17.9 Å². The van der Waals surface area contributed by atoms with Gasteiger partial charge in [0.15, 0.2) is 0 Å². The van der Waals surface area contributed by atoms with Crippen molar-refractivity contribution in [2.24, 2.45) is 5.92 Å². The molecule has 3 nitrogen and oxygen atoms in total. The summed E-state index contributed by atoms with van der Waals surface area (Å²) in [6, 6.07) is 12.1. The van der Waals surface area contributed by atoms with Crippen LogP contribution in [0.1, 0.15) is 32.3 Å². The molecule has 0 N–H and O–H groups in total. The van der Waals surface area contributed by atoms with Gasteiger partial charge in [-0.3, -0.25) is 0 Å². The Morgan fingerprint density at radius 1 is 1.28 bits per heavy atom. The maximum atomic E-state index is 8.82. The fourth-order valence-electron chi connectivity index (χ4n) is 2.82. The average Bonchev–Trinajstić information content (AvgIpc) is 2.65. The van der Waals surface area contributed by atoms with Gasteiger partial charge in [0, 0.05) is 24.2 Å². The van der Waals surface area contributed by atoms with Crippen LogP contribution >= 0.6 is 0 Å². The molecule has 0 spiro atoms. The third-order valence-corrected chi connectivity index (χ3v) is 3.65. The lowest BCUT2D eigenvalue weighted by molar-refractivity contribution is 0.476. The Labute approximate surface area is 108 Å². The van der Waals surface area contributed by atoms with Crippen molar-refractivity contribution in [3.8, 4) is 12.1 Å². The van der Waals surface area contributed by atoms with Crippen molar-refractivity contribution in [2.45, 2.75) is 32.2 Å². The summed E-state index contributed by atoms with van der Waals surface area (Å²) in [5.41, 5.74) is 1.90. The van der Waals surface area contributed by atoms with Crippen molar-refractivity contribution in [3.63, 3.8) is 0 Å². The van der Waals surface area contributed by atoms with Crippen molar-refractivity contribution < 1.29 is 0 Å². The van der Waals surface area contributed by atoms with Crippen LogP contribution in [0.15, 0.2) is 24.3 Å². The van der Waals surface area contributed by atoms with E-state index in [0.717, 1.165) is 18.7 Å². The minimum Gasteiger partial charge on any atom is -0.366 e. The highest BCUT2D eigenvalue weighted by molar-refractivity contribution is 5.52. The van der Waals surface area contributed by atoms with Gasteiger partial charge in [0.25, 0.3) is 0 Å². The van der Waals surface area contributed by atoms with E-state index in [1.165, 1.54) is 0 Å². The summed E-state index contributed by atoms with van der Waals surface area (Å²) in [5, 5.41) is 17.6. The normalized spacial score (nSPS) is 21.3. The van der Waals surface area contributed by atoms with E-state index < -0.39 is 0 Å². The van der Waals surface area contributed by atoms with Crippen LogP contribution in [0.3, 0.4) is 0 Å². The molecule has 18 heavy (non-hydrogen) atoms. The zero-order valence-corrected chi connectivity index (χ0v) is 10.8. The monoisotopic (exact) mass is 239 g/mol. The van der Waals surface area contributed by atoms with Gasteiger partial charge in [-0.25, -0.2) is 0 Å². The molecule has 2 rings (SSSR count). The predicted molar refractivity (Wildman–Crippen MR) is 70.9 cm³/mol. The SMILES string of the molecule is CC1(C)CC(CC#N)CN1c1ccc(C#N)cc1. The van der Waals surface area contributed by atoms with Gasteiger partial charge in [-0.15, -0.1) is 0 Å². The van der Waals surface area contributed by atoms with Crippen molar-refractivity contribution in [1.82, 2.24) is 0 Å². The number of anilines is 1. The summed E-state index contributed by atoms with van der Waals surface area (Å²) in [4.78, 5) is 2.34. The summed E-state index contributed by atoms with van der Waals surface area (Å²) >= 11 is 0. The Morgan fingerprint density at radius 2 is 1.94 bits per heavy atom. The molecule has 0 radical (unpaired) electrons. The van der Waals surface area contributed by atoms with Gasteiger partial charge in [-0.05, 0) is 50.5 Å². The van der Waals surface area contributed by atoms with Crippen LogP contribution in [0.2, 0.25) is 0 Å². The van der Waals surface area contributed by atoms with Gasteiger partial charge in [-0.2, -0.15) is 10.5 Å². The second kappa shape index (κ2) is 4.70. The Kier molecular flexibility index (Phi) is 3.26. The van der Waals surface area contributed by atoms with E-state index in [9.17, 15) is 0 Å². The molecule has 0 amide bonds. The molecule has 0 bridgehead atoms. The fraction of sp³-hybridized carbons (Fsp3) is 0.467. The van der Waals surface area contributed by atoms with Gasteiger partial charge < -0.3 is 4.90 Å². The highest BCUT2D eigenvalue weighted by Gasteiger charge is 2.38. The fourth-order valence-corrected chi connectivity index (χ4v) is 2.82. The summed E-state index contributed by atoms with van der Waals surface area (Å²) in [7, 11) is 0. The van der Waals surface area contributed by atoms with E-state index in [2.05, 4.69) is 30.9 Å². The highest BCUT2D eigenvalue weighted by Crippen LogP contribution is 2.37. The topological polar surface area (TPSA) is 50.8 Å². The van der Waals surface area contributed by atoms with E-state index >= 15 is 0 Å². The molecule has 1 aromatic carbocycles. The molecule has 3 heteroatoms. The van der Waals surface area contributed by atoms with Crippen LogP contribution in [-0.4, -0.2) is 12.1 Å². The van der Waals surface area contributed by atoms with Gasteiger partial charge in [-0.1, -0.05) is 0 Å². The first-order valence-electron chi connectivity index (χ1n) is 6.21. The minimum atomic E-state index is 0.0790. The first-order valence-corrected chi connectivity index (χ1v) is 6.21. The molecule has 92 valence electrons. The molecular formula is C15H17N3. The summed E-state index contributed by atoms with van der Waals surface area (Å²) in [6.45, 7) is 5.34. The lowest BCUT2D eigenvalue weighted by Crippen LogP contribution is -2.38. The second-order valence-corrected chi connectivity index (χ2v) is 5.51. The first kappa shape index (κ1) is 12.5. The molecule has 1 atom stereocenters. The third-order valence-electron chi connectivity index (χ3n) is 3.65. The molecule has 0 aromatic heterocycles. The van der Waals surface area contributed by atoms with Crippen LogP contribution in [0.25, 0.3) is 0 Å². The van der Waals surface area contributed by atoms with Gasteiger partial charge in [0.05, 0.1) is 17.7 Å². The second-order valence-electron chi connectivity index (χ2n) is 5.51. The van der Waals surface area contributed by atoms with E-state index in [1.807, 2.05) is 24.3 Å². The Bertz CT molecular complexity index is 502. The molecule has 1 unspecified atom stereocenters. The van der Waals surface area contributed by atoms with Crippen LogP contribution in [0.4, 0.5) is 5.69 Å². The molecule has 0 aliphatic carbocycles. The van der Waals surface area contributed by atoms with Crippen molar-refractivity contribution >= 4 is 5.69 Å². The van der Waals surface area contributed by atoms with E-state index in [-0.39, 0.29) is 5.54 Å². The number of benzene rings is 1. The van der Waals surface area contributed by atoms with Crippen LogP contribution < -0.4 is 4.90 Å². The molecule has 1 aliphatic heterocycles. The van der Waals surface area contributed by atoms with Gasteiger partial charge in [0.1, 0.15) is 0 Å². The lowest BCUT2D eigenvalue weighted by atomic mass is 9.94. The zero-order valence-electron chi connectivity index (χ0n) is 10.8. The smallest absolute Gasteiger partial charge is 0.0991 e. The highest BCUT2D eigenvalue weighted by atomic mass is 15.2. The summed E-state index contributed by atoms with van der Waals surface area (Å²) < 4.78 is 0. The number of nitrogens with zero attached hydrogens (tertiary/aromatic N) is 3. The van der Waals surface area contributed by atoms with Gasteiger partial charge >= 0.3 is 0 Å². The average molecular weight is 239 g/mol. The molecule has 1 aliphatic rings. The Morgan fingerprint density at radius 3 is 2.50 bits per heavy atom. The van der Waals surface area contributed by atoms with Crippen LogP contribution in [0, 0.1) is 28.6 Å². The van der Waals surface area contributed by atoms with Crippen LogP contribution in [0.5, 0.6) is 0 Å². The third kappa shape index (κ3) is 2.31. The number of rotatable bonds is 2. The standard InChI is InChI=1S/C15H17N3/c1-15(2)9-13(7-8-16)11-18(15)14-5-3-12(10-17)4-6-14/h3-6,13H,7,9,11H2,1-2H3.